The number of nitrogens with one attached hydrogen (secondary N) is 1. The molecule has 0 amide bonds. The maximum Gasteiger partial charge on any atom is 0.246 e. The van der Waals surface area contributed by atoms with Crippen LogP contribution in [0.4, 0.5) is 17.6 Å². The average Bonchev–Trinajstić information content (AvgIpc) is 2.44. The zero-order valence-electron chi connectivity index (χ0n) is 12.0. The number of rotatable bonds is 4. The quantitative estimate of drug-likeness (QED) is 0.626. The number of hydrogen-bond donors (Lipinski definition) is 2. The van der Waals surface area contributed by atoms with Gasteiger partial charge in [-0.3, -0.25) is 0 Å². The molecule has 0 saturated heterocycles. The fourth-order valence-electron chi connectivity index (χ4n) is 2.53. The Hall–Kier alpha value is -0.900. The van der Waals surface area contributed by atoms with Crippen LogP contribution in [0.15, 0.2) is 11.0 Å². The summed E-state index contributed by atoms with van der Waals surface area (Å²) in [6, 6.07) is -0.0464. The van der Waals surface area contributed by atoms with Crippen molar-refractivity contribution in [1.82, 2.24) is 4.72 Å². The van der Waals surface area contributed by atoms with Crippen molar-refractivity contribution in [3.05, 3.63) is 29.3 Å². The number of halogens is 5. The second-order valence-electron chi connectivity index (χ2n) is 5.54. The van der Waals surface area contributed by atoms with Crippen LogP contribution in [0.2, 0.25) is 0 Å². The average molecular weight is 377 g/mol. The van der Waals surface area contributed by atoms with Crippen molar-refractivity contribution in [3.63, 3.8) is 0 Å². The minimum Gasteiger partial charge on any atom is -0.324 e. The van der Waals surface area contributed by atoms with Crippen LogP contribution in [0.3, 0.4) is 0 Å². The lowest BCUT2D eigenvalue weighted by molar-refractivity contribution is 0.296. The Bertz CT molecular complexity index is 653. The summed E-state index contributed by atoms with van der Waals surface area (Å²) in [4.78, 5) is -1.66. The van der Waals surface area contributed by atoms with E-state index in [2.05, 4.69) is 0 Å². The fraction of sp³-hybridized carbons (Fsp3) is 0.538. The van der Waals surface area contributed by atoms with Crippen LogP contribution in [0.5, 0.6) is 0 Å². The van der Waals surface area contributed by atoms with E-state index >= 15 is 0 Å². The molecule has 1 aliphatic carbocycles. The van der Waals surface area contributed by atoms with Crippen LogP contribution in [0, 0.1) is 23.3 Å². The molecule has 3 N–H and O–H groups in total. The largest absolute Gasteiger partial charge is 0.324 e. The van der Waals surface area contributed by atoms with Crippen LogP contribution in [-0.2, 0) is 10.0 Å². The fourth-order valence-corrected chi connectivity index (χ4v) is 3.82. The van der Waals surface area contributed by atoms with E-state index in [1.165, 1.54) is 0 Å². The SMILES string of the molecule is Cl.NC1(CNS(=O)(=O)c2c(F)c(F)cc(F)c2F)CCCCC1. The lowest BCUT2D eigenvalue weighted by Crippen LogP contribution is -2.51. The van der Waals surface area contributed by atoms with Gasteiger partial charge in [0, 0.05) is 18.2 Å². The van der Waals surface area contributed by atoms with Gasteiger partial charge >= 0.3 is 0 Å². The van der Waals surface area contributed by atoms with Gasteiger partial charge in [0.25, 0.3) is 0 Å². The molecule has 1 aromatic carbocycles. The third-order valence-electron chi connectivity index (χ3n) is 3.80. The number of sulfonamides is 1. The minimum atomic E-state index is -4.76. The molecule has 1 aliphatic rings. The third-order valence-corrected chi connectivity index (χ3v) is 5.22. The summed E-state index contributed by atoms with van der Waals surface area (Å²) in [6.45, 7) is -0.258. The van der Waals surface area contributed by atoms with Gasteiger partial charge in [-0.25, -0.2) is 30.7 Å². The van der Waals surface area contributed by atoms with Crippen LogP contribution in [-0.4, -0.2) is 20.5 Å². The first-order valence-corrected chi connectivity index (χ1v) is 8.26. The van der Waals surface area contributed by atoms with E-state index in [9.17, 15) is 26.0 Å². The summed E-state index contributed by atoms with van der Waals surface area (Å²) in [5.41, 5.74) is 5.19. The highest BCUT2D eigenvalue weighted by Crippen LogP contribution is 2.27. The van der Waals surface area contributed by atoms with Gasteiger partial charge < -0.3 is 5.73 Å². The Kier molecular flexibility index (Phi) is 6.42. The molecule has 23 heavy (non-hydrogen) atoms. The van der Waals surface area contributed by atoms with Crippen molar-refractivity contribution >= 4 is 22.4 Å². The summed E-state index contributed by atoms with van der Waals surface area (Å²) < 4.78 is 79.3. The highest BCUT2D eigenvalue weighted by atomic mass is 35.5. The van der Waals surface area contributed by atoms with E-state index in [0.717, 1.165) is 19.3 Å². The Balaban J connectivity index is 0.00000264. The third kappa shape index (κ3) is 4.34. The molecule has 0 bridgehead atoms. The van der Waals surface area contributed by atoms with Gasteiger partial charge in [-0.2, -0.15) is 0 Å². The topological polar surface area (TPSA) is 72.2 Å². The predicted molar refractivity (Wildman–Crippen MR) is 78.7 cm³/mol. The molecule has 0 aliphatic heterocycles. The lowest BCUT2D eigenvalue weighted by Gasteiger charge is -2.33. The molecule has 1 aromatic rings. The molecule has 10 heteroatoms. The molecule has 132 valence electrons. The van der Waals surface area contributed by atoms with E-state index in [4.69, 9.17) is 5.73 Å². The first-order valence-electron chi connectivity index (χ1n) is 6.78. The highest BCUT2D eigenvalue weighted by Gasteiger charge is 2.33. The number of benzene rings is 1. The zero-order valence-corrected chi connectivity index (χ0v) is 13.7. The summed E-state index contributed by atoms with van der Waals surface area (Å²) in [6.07, 6.45) is 3.71. The summed E-state index contributed by atoms with van der Waals surface area (Å²) in [7, 11) is -4.76. The van der Waals surface area contributed by atoms with Crippen molar-refractivity contribution in [2.24, 2.45) is 5.73 Å². The molecular weight excluding hydrogens is 360 g/mol. The first-order chi connectivity index (χ1) is 10.2. The molecule has 0 spiro atoms. The Morgan fingerprint density at radius 1 is 1.04 bits per heavy atom. The maximum atomic E-state index is 13.6. The van der Waals surface area contributed by atoms with Crippen molar-refractivity contribution < 1.29 is 26.0 Å². The van der Waals surface area contributed by atoms with Gasteiger partial charge in [0.05, 0.1) is 0 Å². The second kappa shape index (κ2) is 7.33. The van der Waals surface area contributed by atoms with E-state index in [-0.39, 0.29) is 25.0 Å². The van der Waals surface area contributed by atoms with Crippen molar-refractivity contribution in [1.29, 1.82) is 0 Å². The molecule has 1 fully saturated rings. The Labute approximate surface area is 137 Å². The van der Waals surface area contributed by atoms with Gasteiger partial charge in [0.15, 0.2) is 28.2 Å². The Morgan fingerprint density at radius 2 is 1.52 bits per heavy atom. The van der Waals surface area contributed by atoms with Gasteiger partial charge in [0.1, 0.15) is 0 Å². The van der Waals surface area contributed by atoms with Gasteiger partial charge in [-0.05, 0) is 12.8 Å². The molecule has 0 radical (unpaired) electrons. The summed E-state index contributed by atoms with van der Waals surface area (Å²) in [5, 5.41) is 0. The summed E-state index contributed by atoms with van der Waals surface area (Å²) in [5.74, 6) is -7.47. The van der Waals surface area contributed by atoms with Crippen LogP contribution in [0.1, 0.15) is 32.1 Å². The van der Waals surface area contributed by atoms with E-state index in [1.54, 1.807) is 0 Å². The molecule has 0 atom stereocenters. The normalized spacial score (nSPS) is 17.6. The van der Waals surface area contributed by atoms with Gasteiger partial charge in [0.2, 0.25) is 10.0 Å². The minimum absolute atomic E-state index is 0. The molecule has 2 rings (SSSR count). The van der Waals surface area contributed by atoms with Crippen LogP contribution >= 0.6 is 12.4 Å². The lowest BCUT2D eigenvalue weighted by atomic mass is 9.83. The molecule has 4 nitrogen and oxygen atoms in total. The number of nitrogens with two attached hydrogens (primary N) is 1. The van der Waals surface area contributed by atoms with Crippen LogP contribution < -0.4 is 10.5 Å². The first kappa shape index (κ1) is 20.1. The molecule has 0 heterocycles. The van der Waals surface area contributed by atoms with Gasteiger partial charge in [-0.1, -0.05) is 19.3 Å². The van der Waals surface area contributed by atoms with E-state index in [1.807, 2.05) is 4.72 Å². The summed E-state index contributed by atoms with van der Waals surface area (Å²) >= 11 is 0. The van der Waals surface area contributed by atoms with E-state index < -0.39 is 43.7 Å². The molecule has 1 saturated carbocycles. The second-order valence-corrected chi connectivity index (χ2v) is 7.25. The maximum absolute atomic E-state index is 13.6. The molecule has 0 unspecified atom stereocenters. The van der Waals surface area contributed by atoms with Gasteiger partial charge in [-0.15, -0.1) is 12.4 Å². The standard InChI is InChI=1S/C13H16F4N2O2S.ClH/c14-8-6-9(15)11(17)12(10(8)16)22(20,21)19-7-13(18)4-2-1-3-5-13;/h6,19H,1-5,7,18H2;1H. The molecule has 0 aromatic heterocycles. The smallest absolute Gasteiger partial charge is 0.246 e. The predicted octanol–water partition coefficient (Wildman–Crippen LogP) is 2.60. The molecular formula is C13H17ClF4N2O2S. The number of hydrogen-bond acceptors (Lipinski definition) is 3. The zero-order chi connectivity index (χ0) is 16.5. The Morgan fingerprint density at radius 3 is 2.00 bits per heavy atom. The van der Waals surface area contributed by atoms with Crippen molar-refractivity contribution in [2.75, 3.05) is 6.54 Å². The van der Waals surface area contributed by atoms with E-state index in [0.29, 0.717) is 12.8 Å². The van der Waals surface area contributed by atoms with Crippen LogP contribution in [0.25, 0.3) is 0 Å². The van der Waals surface area contributed by atoms with Crippen molar-refractivity contribution in [2.45, 2.75) is 42.5 Å². The van der Waals surface area contributed by atoms with Crippen molar-refractivity contribution in [3.8, 4) is 0 Å². The monoisotopic (exact) mass is 376 g/mol. The highest BCUT2D eigenvalue weighted by molar-refractivity contribution is 7.89.